The quantitative estimate of drug-likeness (QED) is 0.711. The number of imide groups is 2. The van der Waals surface area contributed by atoms with Gasteiger partial charge in [-0.15, -0.1) is 0 Å². The number of nitrogens with two attached hydrogens (primary N) is 2. The summed E-state index contributed by atoms with van der Waals surface area (Å²) in [5.74, 6) is -1.72. The van der Waals surface area contributed by atoms with Crippen LogP contribution in [-0.2, 0) is 0 Å². The first kappa shape index (κ1) is 18.3. The Morgan fingerprint density at radius 3 is 1.11 bits per heavy atom. The van der Waals surface area contributed by atoms with Crippen molar-refractivity contribution < 1.29 is 19.2 Å². The van der Waals surface area contributed by atoms with Crippen LogP contribution in [0.3, 0.4) is 0 Å². The highest BCUT2D eigenvalue weighted by molar-refractivity contribution is 6.33. The molecule has 8 nitrogen and oxygen atoms in total. The molecule has 0 saturated carbocycles. The number of rotatable bonds is 6. The predicted octanol–water partition coefficient (Wildman–Crippen LogP) is 0.729. The molecule has 8 heteroatoms. The minimum absolute atomic E-state index is 0.226. The van der Waals surface area contributed by atoms with Gasteiger partial charge in [0, 0.05) is 46.1 Å². The Kier molecular flexibility index (Phi) is 4.44. The lowest BCUT2D eigenvalue weighted by molar-refractivity contribution is 0.0588. The third-order valence-electron chi connectivity index (χ3n) is 5.23. The standard InChI is InChI=1S/C20H20N4O4/c21-7-1-9-23-17(25)11-3-5-13-16-14(6-4-12(15(11)16)18(23)26)20(28)24(19(13)27)10-2-8-22/h3-6H,1-2,7-10,21-22H2. The van der Waals surface area contributed by atoms with Crippen molar-refractivity contribution in [2.45, 2.75) is 12.8 Å². The Hall–Kier alpha value is -3.10. The van der Waals surface area contributed by atoms with Crippen LogP contribution in [0.2, 0.25) is 0 Å². The fourth-order valence-corrected chi connectivity index (χ4v) is 3.88. The topological polar surface area (TPSA) is 127 Å². The Bertz CT molecular complexity index is 893. The second-order valence-corrected chi connectivity index (χ2v) is 6.88. The van der Waals surface area contributed by atoms with Gasteiger partial charge in [0.15, 0.2) is 0 Å². The lowest BCUT2D eigenvalue weighted by Gasteiger charge is -2.31. The van der Waals surface area contributed by atoms with E-state index in [0.29, 0.717) is 59.0 Å². The van der Waals surface area contributed by atoms with E-state index in [-0.39, 0.29) is 13.1 Å². The van der Waals surface area contributed by atoms with Gasteiger partial charge < -0.3 is 11.5 Å². The van der Waals surface area contributed by atoms with Crippen LogP contribution in [0, 0.1) is 0 Å². The highest BCUT2D eigenvalue weighted by atomic mass is 16.2. The van der Waals surface area contributed by atoms with E-state index >= 15 is 0 Å². The molecule has 0 bridgehead atoms. The van der Waals surface area contributed by atoms with E-state index in [1.807, 2.05) is 0 Å². The SMILES string of the molecule is NCCCN1C(=O)c2ccc3c4c(ccc(c24)C1=O)C(=O)N(CCCN)C3=O. The number of hydrogen-bond donors (Lipinski definition) is 2. The van der Waals surface area contributed by atoms with Crippen LogP contribution in [0.4, 0.5) is 0 Å². The summed E-state index contributed by atoms with van der Waals surface area (Å²) in [6.45, 7) is 1.17. The smallest absolute Gasteiger partial charge is 0.261 e. The Labute approximate surface area is 161 Å². The van der Waals surface area contributed by atoms with Crippen molar-refractivity contribution in [1.82, 2.24) is 9.80 Å². The van der Waals surface area contributed by atoms with Gasteiger partial charge in [-0.2, -0.15) is 0 Å². The number of carbonyl (C=O) groups excluding carboxylic acids is 4. The third kappa shape index (κ3) is 2.45. The highest BCUT2D eigenvalue weighted by Gasteiger charge is 2.39. The van der Waals surface area contributed by atoms with Gasteiger partial charge in [0.05, 0.1) is 0 Å². The van der Waals surface area contributed by atoms with Gasteiger partial charge in [0.2, 0.25) is 0 Å². The zero-order chi connectivity index (χ0) is 20.0. The van der Waals surface area contributed by atoms with Gasteiger partial charge in [-0.25, -0.2) is 0 Å². The van der Waals surface area contributed by atoms with Gasteiger partial charge in [-0.3, -0.25) is 29.0 Å². The fourth-order valence-electron chi connectivity index (χ4n) is 3.88. The van der Waals surface area contributed by atoms with Crippen LogP contribution < -0.4 is 11.5 Å². The van der Waals surface area contributed by atoms with Crippen LogP contribution in [-0.4, -0.2) is 59.6 Å². The summed E-state index contributed by atoms with van der Waals surface area (Å²) in [6.07, 6.45) is 0.998. The molecule has 144 valence electrons. The third-order valence-corrected chi connectivity index (χ3v) is 5.23. The maximum Gasteiger partial charge on any atom is 0.261 e. The maximum atomic E-state index is 12.9. The monoisotopic (exact) mass is 380 g/mol. The van der Waals surface area contributed by atoms with E-state index in [1.54, 1.807) is 24.3 Å². The lowest BCUT2D eigenvalue weighted by Crippen LogP contribution is -2.44. The largest absolute Gasteiger partial charge is 0.330 e. The maximum absolute atomic E-state index is 12.9. The summed E-state index contributed by atoms with van der Waals surface area (Å²) in [6, 6.07) is 6.24. The van der Waals surface area contributed by atoms with Gasteiger partial charge >= 0.3 is 0 Å². The summed E-state index contributed by atoms with van der Waals surface area (Å²) in [4.78, 5) is 53.9. The normalized spacial score (nSPS) is 15.8. The van der Waals surface area contributed by atoms with E-state index in [2.05, 4.69) is 0 Å². The molecule has 2 aliphatic heterocycles. The molecule has 4 amide bonds. The molecule has 0 aromatic heterocycles. The minimum atomic E-state index is -0.430. The number of nitrogens with zero attached hydrogens (tertiary/aromatic N) is 2. The molecule has 0 unspecified atom stereocenters. The van der Waals surface area contributed by atoms with Crippen molar-refractivity contribution >= 4 is 34.4 Å². The summed E-state index contributed by atoms with van der Waals surface area (Å²) < 4.78 is 0. The lowest BCUT2D eigenvalue weighted by atomic mass is 9.86. The predicted molar refractivity (Wildman–Crippen MR) is 102 cm³/mol. The molecule has 4 rings (SSSR count). The number of hydrogen-bond acceptors (Lipinski definition) is 6. The van der Waals surface area contributed by atoms with Gasteiger partial charge in [-0.1, -0.05) is 0 Å². The van der Waals surface area contributed by atoms with Crippen molar-refractivity contribution in [1.29, 1.82) is 0 Å². The highest BCUT2D eigenvalue weighted by Crippen LogP contribution is 2.37. The Morgan fingerprint density at radius 1 is 0.571 bits per heavy atom. The first-order valence-electron chi connectivity index (χ1n) is 9.23. The van der Waals surface area contributed by atoms with E-state index in [4.69, 9.17) is 11.5 Å². The molecule has 2 aromatic carbocycles. The first-order chi connectivity index (χ1) is 13.5. The molecule has 4 N–H and O–H groups in total. The molecule has 0 fully saturated rings. The summed E-state index contributed by atoms with van der Waals surface area (Å²) in [5.41, 5.74) is 12.3. The van der Waals surface area contributed by atoms with Crippen LogP contribution in [0.25, 0.3) is 10.8 Å². The van der Waals surface area contributed by atoms with Gasteiger partial charge in [0.1, 0.15) is 0 Å². The van der Waals surface area contributed by atoms with E-state index in [9.17, 15) is 19.2 Å². The van der Waals surface area contributed by atoms with Crippen molar-refractivity contribution in [3.05, 3.63) is 46.5 Å². The van der Waals surface area contributed by atoms with E-state index in [0.717, 1.165) is 0 Å². The number of carbonyl (C=O) groups is 4. The minimum Gasteiger partial charge on any atom is -0.330 e. The Morgan fingerprint density at radius 2 is 0.857 bits per heavy atom. The molecule has 2 heterocycles. The molecular weight excluding hydrogens is 360 g/mol. The summed E-state index contributed by atoms with van der Waals surface area (Å²) in [7, 11) is 0. The molecule has 2 aromatic rings. The number of amides is 4. The van der Waals surface area contributed by atoms with Crippen LogP contribution in [0.5, 0.6) is 0 Å². The van der Waals surface area contributed by atoms with Crippen LogP contribution >= 0.6 is 0 Å². The van der Waals surface area contributed by atoms with Crippen molar-refractivity contribution in [3.63, 3.8) is 0 Å². The molecular formula is C20H20N4O4. The van der Waals surface area contributed by atoms with Crippen molar-refractivity contribution in [2.24, 2.45) is 11.5 Å². The van der Waals surface area contributed by atoms with Gasteiger partial charge in [0.25, 0.3) is 23.6 Å². The van der Waals surface area contributed by atoms with Gasteiger partial charge in [-0.05, 0) is 50.2 Å². The second-order valence-electron chi connectivity index (χ2n) is 6.88. The molecule has 28 heavy (non-hydrogen) atoms. The molecule has 0 atom stereocenters. The summed E-state index contributed by atoms with van der Waals surface area (Å²) in [5, 5.41) is 0.767. The van der Waals surface area contributed by atoms with Crippen molar-refractivity contribution in [3.8, 4) is 0 Å². The Balaban J connectivity index is 1.91. The molecule has 0 aliphatic carbocycles. The molecule has 2 aliphatic rings. The molecule has 0 spiro atoms. The zero-order valence-electron chi connectivity index (χ0n) is 15.2. The zero-order valence-corrected chi connectivity index (χ0v) is 15.2. The van der Waals surface area contributed by atoms with Crippen LogP contribution in [0.1, 0.15) is 54.3 Å². The average Bonchev–Trinajstić information content (AvgIpc) is 2.70. The van der Waals surface area contributed by atoms with E-state index < -0.39 is 23.6 Å². The van der Waals surface area contributed by atoms with Crippen molar-refractivity contribution in [2.75, 3.05) is 26.2 Å². The first-order valence-corrected chi connectivity index (χ1v) is 9.23. The molecule has 0 radical (unpaired) electrons. The average molecular weight is 380 g/mol. The van der Waals surface area contributed by atoms with Crippen LogP contribution in [0.15, 0.2) is 24.3 Å². The second kappa shape index (κ2) is 6.81. The summed E-state index contributed by atoms with van der Waals surface area (Å²) >= 11 is 0. The molecule has 0 saturated heterocycles. The van der Waals surface area contributed by atoms with E-state index in [1.165, 1.54) is 9.80 Å². The fraction of sp³-hybridized carbons (Fsp3) is 0.300. The number of benzene rings is 2.